The molecule has 0 aromatic heterocycles. The lowest BCUT2D eigenvalue weighted by Gasteiger charge is -2.30. The molecule has 1 heteroatoms. The van der Waals surface area contributed by atoms with Crippen molar-refractivity contribution < 1.29 is 0 Å². The van der Waals surface area contributed by atoms with Gasteiger partial charge in [-0.05, 0) is 46.4 Å². The minimum Gasteiger partial charge on any atom is -0.313 e. The molecule has 0 N–H and O–H groups in total. The number of rotatable bonds is 3. The number of benzene rings is 3. The lowest BCUT2D eigenvalue weighted by molar-refractivity contribution is 1.06. The number of para-hydroxylation sites is 2. The minimum atomic E-state index is 0.924. The second kappa shape index (κ2) is 6.20. The first-order valence-electron chi connectivity index (χ1n) is 9.03. The molecule has 1 nitrogen and oxygen atoms in total. The fraction of sp³-hybridized carbons (Fsp3) is 0.0400. The molecular weight excluding hydrogens is 314 g/mol. The van der Waals surface area contributed by atoms with Crippen molar-refractivity contribution >= 4 is 23.0 Å². The largest absolute Gasteiger partial charge is 0.313 e. The minimum absolute atomic E-state index is 0.924. The average molecular weight is 333 g/mol. The summed E-state index contributed by atoms with van der Waals surface area (Å²) in [4.78, 5) is 2.39. The van der Waals surface area contributed by atoms with Gasteiger partial charge in [-0.1, -0.05) is 72.8 Å². The summed E-state index contributed by atoms with van der Waals surface area (Å²) in [5.41, 5.74) is 6.39. The summed E-state index contributed by atoms with van der Waals surface area (Å²) < 4.78 is 0. The van der Waals surface area contributed by atoms with E-state index in [1.54, 1.807) is 0 Å². The van der Waals surface area contributed by atoms with Crippen LogP contribution in [0.4, 0.5) is 11.4 Å². The van der Waals surface area contributed by atoms with Crippen molar-refractivity contribution in [2.24, 2.45) is 0 Å². The molecule has 0 saturated heterocycles. The van der Waals surface area contributed by atoms with E-state index in [-0.39, 0.29) is 0 Å². The van der Waals surface area contributed by atoms with Crippen molar-refractivity contribution in [3.63, 3.8) is 0 Å². The number of anilines is 2. The first-order chi connectivity index (χ1) is 12.9. The van der Waals surface area contributed by atoms with Gasteiger partial charge >= 0.3 is 0 Å². The SMILES string of the molecule is C1=CC2=c3ccccc3=CC2=C(N(c2ccccc2)c2ccccc2)C1. The Labute approximate surface area is 153 Å². The van der Waals surface area contributed by atoms with Crippen LogP contribution in [-0.4, -0.2) is 0 Å². The van der Waals surface area contributed by atoms with Crippen LogP contribution < -0.4 is 15.3 Å². The van der Waals surface area contributed by atoms with E-state index >= 15 is 0 Å². The van der Waals surface area contributed by atoms with E-state index in [2.05, 4.69) is 108 Å². The molecule has 0 atom stereocenters. The van der Waals surface area contributed by atoms with Crippen molar-refractivity contribution in [2.75, 3.05) is 4.90 Å². The Hall–Kier alpha value is -3.32. The molecule has 3 aromatic rings. The molecule has 0 spiro atoms. The molecule has 0 heterocycles. The molecule has 5 rings (SSSR count). The van der Waals surface area contributed by atoms with Crippen LogP contribution in [0.25, 0.3) is 11.6 Å². The van der Waals surface area contributed by atoms with Gasteiger partial charge in [-0.2, -0.15) is 0 Å². The molecule has 0 bridgehead atoms. The van der Waals surface area contributed by atoms with Gasteiger partial charge in [0.15, 0.2) is 0 Å². The van der Waals surface area contributed by atoms with Crippen LogP contribution in [0.2, 0.25) is 0 Å². The lowest BCUT2D eigenvalue weighted by atomic mass is 9.96. The second-order valence-electron chi connectivity index (χ2n) is 6.62. The van der Waals surface area contributed by atoms with E-state index < -0.39 is 0 Å². The van der Waals surface area contributed by atoms with Crippen molar-refractivity contribution in [3.8, 4) is 0 Å². The van der Waals surface area contributed by atoms with Gasteiger partial charge in [0, 0.05) is 29.1 Å². The third-order valence-corrected chi connectivity index (χ3v) is 5.05. The predicted molar refractivity (Wildman–Crippen MR) is 109 cm³/mol. The Kier molecular flexibility index (Phi) is 3.57. The fourth-order valence-electron chi connectivity index (χ4n) is 3.89. The summed E-state index contributed by atoms with van der Waals surface area (Å²) in [5, 5.41) is 2.64. The molecule has 0 saturated carbocycles. The first-order valence-corrected chi connectivity index (χ1v) is 9.03. The Balaban J connectivity index is 1.77. The highest BCUT2D eigenvalue weighted by Crippen LogP contribution is 2.37. The van der Waals surface area contributed by atoms with Gasteiger partial charge in [0.05, 0.1) is 0 Å². The Morgan fingerprint density at radius 1 is 0.615 bits per heavy atom. The zero-order chi connectivity index (χ0) is 17.3. The highest BCUT2D eigenvalue weighted by Gasteiger charge is 2.23. The summed E-state index contributed by atoms with van der Waals surface area (Å²) in [7, 11) is 0. The van der Waals surface area contributed by atoms with Gasteiger partial charge in [-0.25, -0.2) is 0 Å². The quantitative estimate of drug-likeness (QED) is 0.672. The van der Waals surface area contributed by atoms with E-state index in [1.165, 1.54) is 38.7 Å². The monoisotopic (exact) mass is 333 g/mol. The van der Waals surface area contributed by atoms with Crippen molar-refractivity contribution in [2.45, 2.75) is 6.42 Å². The molecule has 0 unspecified atom stereocenters. The summed E-state index contributed by atoms with van der Waals surface area (Å²) in [6, 6.07) is 29.9. The maximum absolute atomic E-state index is 2.39. The van der Waals surface area contributed by atoms with Crippen LogP contribution >= 0.6 is 0 Å². The molecule has 0 radical (unpaired) electrons. The maximum atomic E-state index is 2.39. The third kappa shape index (κ3) is 2.41. The Bertz CT molecular complexity index is 1100. The third-order valence-electron chi connectivity index (χ3n) is 5.05. The van der Waals surface area contributed by atoms with E-state index in [0.717, 1.165) is 6.42 Å². The van der Waals surface area contributed by atoms with Crippen molar-refractivity contribution in [1.82, 2.24) is 0 Å². The van der Waals surface area contributed by atoms with Gasteiger partial charge < -0.3 is 4.90 Å². The van der Waals surface area contributed by atoms with Crippen LogP contribution in [-0.2, 0) is 0 Å². The molecule has 26 heavy (non-hydrogen) atoms. The van der Waals surface area contributed by atoms with Gasteiger partial charge in [0.2, 0.25) is 0 Å². The number of hydrogen-bond donors (Lipinski definition) is 0. The molecule has 0 amide bonds. The van der Waals surface area contributed by atoms with E-state index in [9.17, 15) is 0 Å². The Morgan fingerprint density at radius 3 is 1.92 bits per heavy atom. The van der Waals surface area contributed by atoms with Crippen LogP contribution in [0.5, 0.6) is 0 Å². The first kappa shape index (κ1) is 15.0. The van der Waals surface area contributed by atoms with Gasteiger partial charge in [-0.15, -0.1) is 0 Å². The summed E-state index contributed by atoms with van der Waals surface area (Å²) in [6.07, 6.45) is 7.81. The number of allylic oxidation sites excluding steroid dienone is 3. The normalized spacial score (nSPS) is 14.7. The van der Waals surface area contributed by atoms with Gasteiger partial charge in [-0.3, -0.25) is 0 Å². The summed E-state index contributed by atoms with van der Waals surface area (Å²) >= 11 is 0. The van der Waals surface area contributed by atoms with Crippen LogP contribution in [0.1, 0.15) is 6.42 Å². The molecule has 124 valence electrons. The predicted octanol–water partition coefficient (Wildman–Crippen LogP) is 4.68. The molecule has 0 aliphatic heterocycles. The van der Waals surface area contributed by atoms with E-state index in [4.69, 9.17) is 0 Å². The maximum Gasteiger partial charge on any atom is 0.0458 e. The van der Waals surface area contributed by atoms with Crippen LogP contribution in [0.3, 0.4) is 0 Å². The zero-order valence-electron chi connectivity index (χ0n) is 14.5. The van der Waals surface area contributed by atoms with E-state index in [0.29, 0.717) is 0 Å². The zero-order valence-corrected chi connectivity index (χ0v) is 14.5. The molecule has 2 aliphatic carbocycles. The number of nitrogens with zero attached hydrogens (tertiary/aromatic N) is 1. The smallest absolute Gasteiger partial charge is 0.0458 e. The second-order valence-corrected chi connectivity index (χ2v) is 6.62. The average Bonchev–Trinajstić information content (AvgIpc) is 3.10. The van der Waals surface area contributed by atoms with Crippen LogP contribution in [0.15, 0.2) is 108 Å². The summed E-state index contributed by atoms with van der Waals surface area (Å²) in [5.74, 6) is 0. The standard InChI is InChI=1S/C25H19N/c1-3-11-20(12-4-1)26(21-13-5-2-6-14-21)25-17-9-16-23-22-15-8-7-10-19(22)18-24(23)25/h1-16,18H,17H2. The van der Waals surface area contributed by atoms with E-state index in [1.807, 2.05) is 0 Å². The van der Waals surface area contributed by atoms with Gasteiger partial charge in [0.1, 0.15) is 0 Å². The number of fused-ring (bicyclic) bond motifs is 2. The highest BCUT2D eigenvalue weighted by atomic mass is 15.1. The topological polar surface area (TPSA) is 3.24 Å². The number of hydrogen-bond acceptors (Lipinski definition) is 1. The molecular formula is C25H19N. The van der Waals surface area contributed by atoms with Crippen LogP contribution in [0, 0.1) is 0 Å². The lowest BCUT2D eigenvalue weighted by Crippen LogP contribution is -2.22. The van der Waals surface area contributed by atoms with Crippen molar-refractivity contribution in [3.05, 3.63) is 119 Å². The molecule has 0 fully saturated rings. The Morgan fingerprint density at radius 2 is 1.23 bits per heavy atom. The highest BCUT2D eigenvalue weighted by molar-refractivity contribution is 5.91. The van der Waals surface area contributed by atoms with Gasteiger partial charge in [0.25, 0.3) is 0 Å². The fourth-order valence-corrected chi connectivity index (χ4v) is 3.89. The molecule has 3 aromatic carbocycles. The summed E-state index contributed by atoms with van der Waals surface area (Å²) in [6.45, 7) is 0. The molecule has 2 aliphatic rings. The van der Waals surface area contributed by atoms with Crippen molar-refractivity contribution in [1.29, 1.82) is 0 Å².